The molecule has 110 valence electrons. The fourth-order valence-electron chi connectivity index (χ4n) is 2.08. The number of nitrogens with zero attached hydrogens (tertiary/aromatic N) is 1. The van der Waals surface area contributed by atoms with E-state index in [-0.39, 0.29) is 40.9 Å². The molecule has 22 heavy (non-hydrogen) atoms. The Kier molecular flexibility index (Phi) is 7.36. The van der Waals surface area contributed by atoms with Gasteiger partial charge in [-0.25, -0.2) is 0 Å². The maximum absolute atomic E-state index is 11.3. The molecular weight excluding hydrogens is 313 g/mol. The quantitative estimate of drug-likeness (QED) is 0.709. The van der Waals surface area contributed by atoms with E-state index in [1.165, 1.54) is 0 Å². The number of benzene rings is 1. The van der Waals surface area contributed by atoms with E-state index in [9.17, 15) is 9.90 Å². The zero-order valence-corrected chi connectivity index (χ0v) is 15.6. The van der Waals surface area contributed by atoms with Crippen LogP contribution in [0.15, 0.2) is 30.3 Å². The number of aromatic nitrogens is 1. The predicted molar refractivity (Wildman–Crippen MR) is 79.6 cm³/mol. The van der Waals surface area contributed by atoms with Crippen LogP contribution < -0.4 is 39.4 Å². The van der Waals surface area contributed by atoms with E-state index in [4.69, 9.17) is 16.3 Å². The molecule has 0 bridgehead atoms. The largest absolute Gasteiger partial charge is 1.00 e. The second-order valence-corrected chi connectivity index (χ2v) is 4.84. The van der Waals surface area contributed by atoms with Gasteiger partial charge >= 0.3 is 29.6 Å². The first-order chi connectivity index (χ1) is 10.1. The van der Waals surface area contributed by atoms with E-state index < -0.39 is 5.97 Å². The van der Waals surface area contributed by atoms with Crippen molar-refractivity contribution in [3.8, 4) is 17.0 Å². The molecule has 0 unspecified atom stereocenters. The number of aromatic carboxylic acids is 1. The standard InChI is InChI=1S/C16H16ClNO3.Na/c1-3-12-15(16(19)20)14(21-4-2)9-13(18-12)10-5-7-11(17)8-6-10;/h5-9H,3-4H2,1-2H3,(H,19,20);/q;+1/p-1. The molecule has 0 saturated heterocycles. The average molecular weight is 328 g/mol. The van der Waals surface area contributed by atoms with E-state index in [2.05, 4.69) is 4.98 Å². The number of hydrogen-bond donors (Lipinski definition) is 0. The first-order valence-corrected chi connectivity index (χ1v) is 7.08. The van der Waals surface area contributed by atoms with Gasteiger partial charge in [-0.15, -0.1) is 0 Å². The maximum atomic E-state index is 11.3. The van der Waals surface area contributed by atoms with Gasteiger partial charge in [0.2, 0.25) is 0 Å². The van der Waals surface area contributed by atoms with Crippen molar-refractivity contribution in [1.29, 1.82) is 0 Å². The van der Waals surface area contributed by atoms with Crippen LogP contribution in [0.25, 0.3) is 11.3 Å². The van der Waals surface area contributed by atoms with Crippen molar-refractivity contribution in [3.63, 3.8) is 0 Å². The van der Waals surface area contributed by atoms with E-state index in [1.807, 2.05) is 19.1 Å². The fourth-order valence-corrected chi connectivity index (χ4v) is 2.21. The monoisotopic (exact) mass is 327 g/mol. The van der Waals surface area contributed by atoms with E-state index in [0.717, 1.165) is 5.56 Å². The topological polar surface area (TPSA) is 62.2 Å². The van der Waals surface area contributed by atoms with Crippen LogP contribution in [0.1, 0.15) is 29.9 Å². The number of hydrogen-bond acceptors (Lipinski definition) is 4. The number of carboxylic acid groups (broad SMARTS) is 1. The van der Waals surface area contributed by atoms with Crippen LogP contribution in [0.5, 0.6) is 5.75 Å². The Hall–Kier alpha value is -1.07. The first kappa shape index (κ1) is 19.0. The van der Waals surface area contributed by atoms with Crippen LogP contribution in [0.2, 0.25) is 5.02 Å². The van der Waals surface area contributed by atoms with Crippen molar-refractivity contribution in [3.05, 3.63) is 46.6 Å². The number of aryl methyl sites for hydroxylation is 1. The smallest absolute Gasteiger partial charge is 0.545 e. The molecule has 0 aliphatic rings. The number of rotatable bonds is 5. The van der Waals surface area contributed by atoms with Crippen LogP contribution in [0, 0.1) is 0 Å². The molecule has 1 aromatic carbocycles. The van der Waals surface area contributed by atoms with E-state index in [0.29, 0.717) is 29.4 Å². The fraction of sp³-hybridized carbons (Fsp3) is 0.250. The summed E-state index contributed by atoms with van der Waals surface area (Å²) in [4.78, 5) is 15.7. The molecule has 0 fully saturated rings. The van der Waals surface area contributed by atoms with Crippen molar-refractivity contribution in [2.24, 2.45) is 0 Å². The van der Waals surface area contributed by atoms with Crippen LogP contribution in [0.3, 0.4) is 0 Å². The molecule has 0 radical (unpaired) electrons. The SMILES string of the molecule is CCOc1cc(-c2ccc(Cl)cc2)nc(CC)c1C(=O)[O-].[Na+]. The van der Waals surface area contributed by atoms with Gasteiger partial charge in [-0.3, -0.25) is 4.98 Å². The third kappa shape index (κ3) is 4.23. The molecule has 2 rings (SSSR count). The van der Waals surface area contributed by atoms with Crippen LogP contribution in [0.4, 0.5) is 0 Å². The normalized spacial score (nSPS) is 9.95. The van der Waals surface area contributed by atoms with Gasteiger partial charge in [-0.1, -0.05) is 30.7 Å². The van der Waals surface area contributed by atoms with Crippen molar-refractivity contribution >= 4 is 17.6 Å². The molecule has 0 aliphatic heterocycles. The molecule has 0 amide bonds. The van der Waals surface area contributed by atoms with Gasteiger partial charge < -0.3 is 14.6 Å². The number of carbonyl (C=O) groups excluding carboxylic acids is 1. The van der Waals surface area contributed by atoms with Gasteiger partial charge in [0.25, 0.3) is 0 Å². The Morgan fingerprint density at radius 2 is 1.91 bits per heavy atom. The minimum absolute atomic E-state index is 0. The van der Waals surface area contributed by atoms with Gasteiger partial charge in [0.1, 0.15) is 5.75 Å². The molecule has 0 N–H and O–H groups in total. The molecule has 1 aromatic heterocycles. The summed E-state index contributed by atoms with van der Waals surface area (Å²) in [7, 11) is 0. The molecule has 4 nitrogen and oxygen atoms in total. The molecular formula is C16H15ClNNaO3. The summed E-state index contributed by atoms with van der Waals surface area (Å²) < 4.78 is 5.44. The van der Waals surface area contributed by atoms with Gasteiger partial charge in [0.15, 0.2) is 0 Å². The minimum atomic E-state index is -1.27. The van der Waals surface area contributed by atoms with Crippen molar-refractivity contribution in [2.75, 3.05) is 6.61 Å². The molecule has 1 heterocycles. The summed E-state index contributed by atoms with van der Waals surface area (Å²) in [5.74, 6) is -0.986. The van der Waals surface area contributed by atoms with Crippen molar-refractivity contribution in [2.45, 2.75) is 20.3 Å². The molecule has 0 saturated carbocycles. The number of halogens is 1. The number of carbonyl (C=O) groups is 1. The van der Waals surface area contributed by atoms with Crippen LogP contribution >= 0.6 is 11.6 Å². The summed E-state index contributed by atoms with van der Waals surface area (Å²) in [6, 6.07) is 8.81. The van der Waals surface area contributed by atoms with Crippen LogP contribution in [-0.2, 0) is 6.42 Å². The molecule has 0 spiro atoms. The van der Waals surface area contributed by atoms with Crippen LogP contribution in [-0.4, -0.2) is 17.6 Å². The zero-order chi connectivity index (χ0) is 15.4. The van der Waals surface area contributed by atoms with Crippen molar-refractivity contribution in [1.82, 2.24) is 4.98 Å². The Labute approximate surface area is 156 Å². The third-order valence-electron chi connectivity index (χ3n) is 3.04. The maximum Gasteiger partial charge on any atom is 1.00 e. The van der Waals surface area contributed by atoms with E-state index in [1.54, 1.807) is 25.1 Å². The summed E-state index contributed by atoms with van der Waals surface area (Å²) in [6.45, 7) is 4.01. The molecule has 2 aromatic rings. The first-order valence-electron chi connectivity index (χ1n) is 6.70. The van der Waals surface area contributed by atoms with Gasteiger partial charge in [-0.05, 0) is 25.5 Å². The molecule has 0 atom stereocenters. The number of carboxylic acids is 1. The van der Waals surface area contributed by atoms with Gasteiger partial charge in [0.05, 0.1) is 29.5 Å². The second kappa shape index (κ2) is 8.53. The number of ether oxygens (including phenoxy) is 1. The minimum Gasteiger partial charge on any atom is -0.545 e. The Bertz CT molecular complexity index is 659. The van der Waals surface area contributed by atoms with Gasteiger partial charge in [0, 0.05) is 16.7 Å². The Balaban J connectivity index is 0.00000242. The summed E-state index contributed by atoms with van der Waals surface area (Å²) in [5, 5.41) is 12.0. The Morgan fingerprint density at radius 1 is 1.27 bits per heavy atom. The average Bonchev–Trinajstić information content (AvgIpc) is 2.47. The van der Waals surface area contributed by atoms with E-state index >= 15 is 0 Å². The number of pyridine rings is 1. The zero-order valence-electron chi connectivity index (χ0n) is 12.9. The molecule has 0 aliphatic carbocycles. The third-order valence-corrected chi connectivity index (χ3v) is 3.29. The Morgan fingerprint density at radius 3 is 2.41 bits per heavy atom. The van der Waals surface area contributed by atoms with Crippen molar-refractivity contribution < 1.29 is 44.2 Å². The molecule has 6 heteroatoms. The second-order valence-electron chi connectivity index (χ2n) is 4.41. The summed E-state index contributed by atoms with van der Waals surface area (Å²) >= 11 is 5.87. The summed E-state index contributed by atoms with van der Waals surface area (Å²) in [6.07, 6.45) is 0.477. The summed E-state index contributed by atoms with van der Waals surface area (Å²) in [5.41, 5.74) is 1.97. The predicted octanol–water partition coefficient (Wildman–Crippen LogP) is -0.269. The van der Waals surface area contributed by atoms with Gasteiger partial charge in [-0.2, -0.15) is 0 Å².